The van der Waals surface area contributed by atoms with Crippen LogP contribution in [-0.4, -0.2) is 35.4 Å². The molecule has 2 atom stereocenters. The molecule has 17 heavy (non-hydrogen) atoms. The van der Waals surface area contributed by atoms with Gasteiger partial charge in [0.1, 0.15) is 4.84 Å². The smallest absolute Gasteiger partial charge is 0.284 e. The van der Waals surface area contributed by atoms with Gasteiger partial charge in [-0.1, -0.05) is 0 Å². The van der Waals surface area contributed by atoms with E-state index >= 15 is 0 Å². The minimum absolute atomic E-state index is 0.150. The maximum absolute atomic E-state index is 12.2. The predicted molar refractivity (Wildman–Crippen MR) is 71.6 cm³/mol. The molecule has 9 heteroatoms. The van der Waals surface area contributed by atoms with E-state index in [-0.39, 0.29) is 18.4 Å². The van der Waals surface area contributed by atoms with E-state index in [0.29, 0.717) is 0 Å². The highest BCUT2D eigenvalue weighted by Crippen LogP contribution is 2.52. The first-order valence-corrected chi connectivity index (χ1v) is 8.24. The lowest BCUT2D eigenvalue weighted by Crippen LogP contribution is -2.17. The number of hydrogen-bond acceptors (Lipinski definition) is 4. The molecule has 0 N–H and O–H groups in total. The van der Waals surface area contributed by atoms with Crippen LogP contribution in [0.2, 0.25) is 0 Å². The van der Waals surface area contributed by atoms with Gasteiger partial charge in [-0.25, -0.2) is 4.57 Å². The van der Waals surface area contributed by atoms with Crippen molar-refractivity contribution in [1.82, 2.24) is 0 Å². The minimum Gasteiger partial charge on any atom is -0.284 e. The number of phosphoric ester groups is 1. The second-order valence-electron chi connectivity index (χ2n) is 3.27. The number of halogens is 4. The molecule has 0 rings (SSSR count). The summed E-state index contributed by atoms with van der Waals surface area (Å²) < 4.78 is 27.3. The van der Waals surface area contributed by atoms with Gasteiger partial charge in [0.25, 0.3) is 0 Å². The summed E-state index contributed by atoms with van der Waals surface area (Å²) in [6, 6.07) is 0. The molecule has 0 amide bonds. The topological polar surface area (TPSA) is 44.8 Å². The van der Waals surface area contributed by atoms with Crippen molar-refractivity contribution in [2.75, 3.05) is 18.4 Å². The van der Waals surface area contributed by atoms with Crippen LogP contribution >= 0.6 is 54.2 Å². The average molecular weight is 348 g/mol. The molecule has 0 saturated heterocycles. The van der Waals surface area contributed by atoms with Crippen molar-refractivity contribution >= 4 is 54.2 Å². The molecule has 0 aliphatic heterocycles. The van der Waals surface area contributed by atoms with Crippen LogP contribution in [0.5, 0.6) is 0 Å². The van der Waals surface area contributed by atoms with Crippen LogP contribution in [0.15, 0.2) is 0 Å². The number of alkyl halides is 4. The third kappa shape index (κ3) is 8.90. The Morgan fingerprint density at radius 2 is 1.47 bits per heavy atom. The van der Waals surface area contributed by atoms with Crippen molar-refractivity contribution in [2.45, 2.75) is 30.9 Å². The lowest BCUT2D eigenvalue weighted by Gasteiger charge is -2.23. The van der Waals surface area contributed by atoms with Gasteiger partial charge < -0.3 is 0 Å². The van der Waals surface area contributed by atoms with Gasteiger partial charge >= 0.3 is 7.82 Å². The molecule has 0 aliphatic carbocycles. The molecule has 0 fully saturated rings. The van der Waals surface area contributed by atoms with Gasteiger partial charge in [-0.15, -0.1) is 46.4 Å². The van der Waals surface area contributed by atoms with Crippen LogP contribution in [0.4, 0.5) is 0 Å². The molecule has 0 radical (unpaired) electrons. The van der Waals surface area contributed by atoms with Gasteiger partial charge in [-0.3, -0.25) is 13.6 Å². The summed E-state index contributed by atoms with van der Waals surface area (Å²) in [6.07, 6.45) is -0.983. The van der Waals surface area contributed by atoms with Gasteiger partial charge in [0.15, 0.2) is 0 Å². The molecule has 0 bridgehead atoms. The van der Waals surface area contributed by atoms with E-state index in [1.165, 1.54) is 0 Å². The second kappa shape index (κ2) is 9.22. The van der Waals surface area contributed by atoms with Crippen LogP contribution in [0, 0.1) is 0 Å². The number of phosphoric acid groups is 1. The van der Waals surface area contributed by atoms with Gasteiger partial charge in [-0.2, -0.15) is 0 Å². The Balaban J connectivity index is 4.50. The van der Waals surface area contributed by atoms with Crippen molar-refractivity contribution in [1.29, 1.82) is 0 Å². The summed E-state index contributed by atoms with van der Waals surface area (Å²) in [5.74, 6) is 0.300. The highest BCUT2D eigenvalue weighted by molar-refractivity contribution is 7.48. The zero-order valence-electron chi connectivity index (χ0n) is 9.45. The number of hydrogen-bond donors (Lipinski definition) is 0. The molecule has 0 aromatic rings. The molecule has 0 aromatic heterocycles. The minimum atomic E-state index is -3.76. The van der Waals surface area contributed by atoms with Gasteiger partial charge in [0.2, 0.25) is 0 Å². The van der Waals surface area contributed by atoms with E-state index in [9.17, 15) is 4.57 Å². The maximum atomic E-state index is 12.2. The van der Waals surface area contributed by atoms with E-state index in [4.69, 9.17) is 60.0 Å². The quantitative estimate of drug-likeness (QED) is 0.463. The van der Waals surface area contributed by atoms with Crippen molar-refractivity contribution in [3.8, 4) is 0 Å². The third-order valence-electron chi connectivity index (χ3n) is 1.41. The Morgan fingerprint density at radius 3 is 1.76 bits per heavy atom. The Kier molecular flexibility index (Phi) is 9.91. The van der Waals surface area contributed by atoms with Crippen LogP contribution in [0.3, 0.4) is 0 Å². The normalized spacial score (nSPS) is 19.0. The Morgan fingerprint density at radius 1 is 1.06 bits per heavy atom. The van der Waals surface area contributed by atoms with Gasteiger partial charge in [0.05, 0.1) is 18.8 Å². The van der Waals surface area contributed by atoms with E-state index in [0.717, 1.165) is 0 Å². The maximum Gasteiger partial charge on any atom is 0.475 e. The largest absolute Gasteiger partial charge is 0.475 e. The molecule has 0 spiro atoms. The second-order valence-corrected chi connectivity index (χ2v) is 6.74. The first-order chi connectivity index (χ1) is 7.83. The molecule has 0 aromatic carbocycles. The summed E-state index contributed by atoms with van der Waals surface area (Å²) in [5.41, 5.74) is 0. The molecule has 4 nitrogen and oxygen atoms in total. The van der Waals surface area contributed by atoms with Crippen LogP contribution < -0.4 is 0 Å². The van der Waals surface area contributed by atoms with E-state index < -0.39 is 24.9 Å². The molecular weight excluding hydrogens is 333 g/mol. The summed E-state index contributed by atoms with van der Waals surface area (Å²) >= 11 is 22.1. The molecule has 2 unspecified atom stereocenters. The third-order valence-corrected chi connectivity index (χ3v) is 4.23. The zero-order chi connectivity index (χ0) is 13.5. The van der Waals surface area contributed by atoms with Crippen molar-refractivity contribution in [3.63, 3.8) is 0 Å². The van der Waals surface area contributed by atoms with Crippen LogP contribution in [0.25, 0.3) is 0 Å². The predicted octanol–water partition coefficient (Wildman–Crippen LogP) is 4.20. The SMILES string of the molecule is CC(CCl)OP(=O)(OCC(Cl)Cl)OC(C)CCl. The van der Waals surface area contributed by atoms with E-state index in [1.54, 1.807) is 13.8 Å². The van der Waals surface area contributed by atoms with Gasteiger partial charge in [-0.05, 0) is 13.8 Å². The van der Waals surface area contributed by atoms with Crippen LogP contribution in [-0.2, 0) is 18.1 Å². The fourth-order valence-electron chi connectivity index (χ4n) is 0.730. The molecule has 0 saturated carbocycles. The van der Waals surface area contributed by atoms with Crippen molar-refractivity contribution < 1.29 is 18.1 Å². The molecule has 0 heterocycles. The molecule has 104 valence electrons. The lowest BCUT2D eigenvalue weighted by atomic mass is 10.5. The van der Waals surface area contributed by atoms with E-state index in [1.807, 2.05) is 0 Å². The first-order valence-electron chi connectivity index (χ1n) is 4.84. The van der Waals surface area contributed by atoms with Crippen molar-refractivity contribution in [3.05, 3.63) is 0 Å². The Bertz CT molecular complexity index is 238. The summed E-state index contributed by atoms with van der Waals surface area (Å²) in [7, 11) is -3.76. The average Bonchev–Trinajstić information content (AvgIpc) is 2.26. The monoisotopic (exact) mass is 346 g/mol. The van der Waals surface area contributed by atoms with Crippen LogP contribution in [0.1, 0.15) is 13.8 Å². The van der Waals surface area contributed by atoms with Crippen molar-refractivity contribution in [2.24, 2.45) is 0 Å². The van der Waals surface area contributed by atoms with E-state index in [2.05, 4.69) is 0 Å². The fraction of sp³-hybridized carbons (Fsp3) is 1.00. The Hall–Kier alpha value is 1.27. The molecule has 0 aliphatic rings. The zero-order valence-corrected chi connectivity index (χ0v) is 13.4. The lowest BCUT2D eigenvalue weighted by molar-refractivity contribution is 0.0761. The fourth-order valence-corrected chi connectivity index (χ4v) is 2.87. The standard InChI is InChI=1S/C8H15Cl4O4P/c1-6(3-9)15-17(13,14-5-8(11)12)16-7(2)4-10/h6-8H,3-5H2,1-2H3. The first kappa shape index (κ1) is 18.3. The van der Waals surface area contributed by atoms with Gasteiger partial charge in [0, 0.05) is 11.8 Å². The molecular formula is C8H15Cl4O4P. The highest BCUT2D eigenvalue weighted by Gasteiger charge is 2.32. The summed E-state index contributed by atoms with van der Waals surface area (Å²) in [5, 5.41) is 0. The summed E-state index contributed by atoms with van der Waals surface area (Å²) in [4.78, 5) is -0.826. The number of rotatable bonds is 9. The summed E-state index contributed by atoms with van der Waals surface area (Å²) in [6.45, 7) is 3.09. The highest BCUT2D eigenvalue weighted by atomic mass is 35.5. The Labute approximate surface area is 121 Å².